The van der Waals surface area contributed by atoms with Crippen molar-refractivity contribution >= 4 is 5.91 Å². The van der Waals surface area contributed by atoms with Crippen molar-refractivity contribution in [2.24, 2.45) is 0 Å². The second-order valence-corrected chi connectivity index (χ2v) is 2.60. The number of aromatic nitrogens is 1. The Kier molecular flexibility index (Phi) is 2.28. The third-order valence-electron chi connectivity index (χ3n) is 1.37. The van der Waals surface area contributed by atoms with Crippen molar-refractivity contribution in [3.63, 3.8) is 0 Å². The molecule has 1 amide bonds. The first kappa shape index (κ1) is 8.52. The minimum atomic E-state index is -0.171. The van der Waals surface area contributed by atoms with E-state index < -0.39 is 0 Å². The highest BCUT2D eigenvalue weighted by Crippen LogP contribution is 2.06. The van der Waals surface area contributed by atoms with Crippen molar-refractivity contribution in [3.8, 4) is 5.75 Å². The van der Waals surface area contributed by atoms with Crippen LogP contribution in [-0.2, 0) is 0 Å². The second-order valence-electron chi connectivity index (χ2n) is 2.60. The lowest BCUT2D eigenvalue weighted by Crippen LogP contribution is -2.22. The van der Waals surface area contributed by atoms with Gasteiger partial charge in [0.25, 0.3) is 5.91 Å². The number of rotatable bonds is 1. The highest BCUT2D eigenvalue weighted by atomic mass is 16.3. The van der Waals surface area contributed by atoms with Gasteiger partial charge in [-0.25, -0.2) is 4.98 Å². The van der Waals surface area contributed by atoms with Gasteiger partial charge in [-0.1, -0.05) is 0 Å². The van der Waals surface area contributed by atoms with Gasteiger partial charge in [-0.05, 0) is 12.1 Å². The molecule has 12 heavy (non-hydrogen) atoms. The van der Waals surface area contributed by atoms with E-state index in [-0.39, 0.29) is 11.7 Å². The molecule has 0 fully saturated rings. The van der Waals surface area contributed by atoms with E-state index in [0.29, 0.717) is 5.69 Å². The molecule has 0 saturated heterocycles. The summed E-state index contributed by atoms with van der Waals surface area (Å²) in [7, 11) is 3.30. The van der Waals surface area contributed by atoms with Gasteiger partial charge in [0, 0.05) is 14.1 Å². The molecule has 0 aliphatic carbocycles. The molecule has 4 heteroatoms. The molecule has 64 valence electrons. The summed E-state index contributed by atoms with van der Waals surface area (Å²) in [5, 5.41) is 8.89. The van der Waals surface area contributed by atoms with Crippen LogP contribution >= 0.6 is 0 Å². The van der Waals surface area contributed by atoms with Crippen LogP contribution in [0.25, 0.3) is 0 Å². The maximum atomic E-state index is 11.2. The summed E-state index contributed by atoms with van der Waals surface area (Å²) in [5.41, 5.74) is 0.331. The van der Waals surface area contributed by atoms with Gasteiger partial charge in [0.05, 0.1) is 6.20 Å². The molecule has 0 aliphatic heterocycles. The lowest BCUT2D eigenvalue weighted by molar-refractivity contribution is 0.0822. The molecular formula is C8H10N2O2. The van der Waals surface area contributed by atoms with Gasteiger partial charge in [-0.2, -0.15) is 0 Å². The molecule has 0 aromatic carbocycles. The number of aromatic hydroxyl groups is 1. The Morgan fingerprint density at radius 2 is 2.17 bits per heavy atom. The molecule has 0 aliphatic rings. The Balaban J connectivity index is 2.90. The fourth-order valence-corrected chi connectivity index (χ4v) is 0.742. The van der Waals surface area contributed by atoms with Gasteiger partial charge in [0.2, 0.25) is 0 Å². The number of hydrogen-bond acceptors (Lipinski definition) is 3. The van der Waals surface area contributed by atoms with Crippen LogP contribution in [0.15, 0.2) is 18.3 Å². The fourth-order valence-electron chi connectivity index (χ4n) is 0.742. The average molecular weight is 166 g/mol. The molecular weight excluding hydrogens is 156 g/mol. The number of carbonyl (C=O) groups is 1. The monoisotopic (exact) mass is 166 g/mol. The summed E-state index contributed by atoms with van der Waals surface area (Å²) in [6.45, 7) is 0. The third kappa shape index (κ3) is 1.72. The van der Waals surface area contributed by atoms with Crippen molar-refractivity contribution in [1.29, 1.82) is 0 Å². The Hall–Kier alpha value is -1.58. The molecule has 0 atom stereocenters. The van der Waals surface area contributed by atoms with Gasteiger partial charge in [0.1, 0.15) is 11.4 Å². The summed E-state index contributed by atoms with van der Waals surface area (Å²) >= 11 is 0. The number of amides is 1. The predicted octanol–water partition coefficient (Wildman–Crippen LogP) is 0.489. The fraction of sp³-hybridized carbons (Fsp3) is 0.250. The van der Waals surface area contributed by atoms with E-state index in [2.05, 4.69) is 4.98 Å². The average Bonchev–Trinajstić information content (AvgIpc) is 2.04. The Morgan fingerprint density at radius 1 is 1.50 bits per heavy atom. The number of hydrogen-bond donors (Lipinski definition) is 1. The summed E-state index contributed by atoms with van der Waals surface area (Å²) in [6.07, 6.45) is 1.25. The van der Waals surface area contributed by atoms with E-state index in [0.717, 1.165) is 0 Å². The van der Waals surface area contributed by atoms with Crippen molar-refractivity contribution < 1.29 is 9.90 Å². The minimum absolute atomic E-state index is 0.0605. The Bertz CT molecular complexity index is 280. The lowest BCUT2D eigenvalue weighted by Gasteiger charge is -2.08. The molecule has 1 rings (SSSR count). The van der Waals surface area contributed by atoms with Gasteiger partial charge in [0.15, 0.2) is 0 Å². The van der Waals surface area contributed by atoms with Gasteiger partial charge >= 0.3 is 0 Å². The smallest absolute Gasteiger partial charge is 0.271 e. The number of nitrogens with zero attached hydrogens (tertiary/aromatic N) is 2. The summed E-state index contributed by atoms with van der Waals surface area (Å²) in [5.74, 6) is -0.111. The van der Waals surface area contributed by atoms with Crippen LogP contribution in [-0.4, -0.2) is 35.0 Å². The highest BCUT2D eigenvalue weighted by molar-refractivity contribution is 5.91. The molecule has 0 spiro atoms. The Labute approximate surface area is 70.5 Å². The zero-order valence-electron chi connectivity index (χ0n) is 6.98. The standard InChI is InChI=1S/C8H10N2O2/c1-10(2)8(12)7-4-3-6(11)5-9-7/h3-5,11H,1-2H3. The third-order valence-corrected chi connectivity index (χ3v) is 1.37. The van der Waals surface area contributed by atoms with Crippen LogP contribution in [0.5, 0.6) is 5.75 Å². The summed E-state index contributed by atoms with van der Waals surface area (Å²) < 4.78 is 0. The van der Waals surface area contributed by atoms with E-state index >= 15 is 0 Å². The minimum Gasteiger partial charge on any atom is -0.506 e. The molecule has 4 nitrogen and oxygen atoms in total. The number of pyridine rings is 1. The molecule has 1 heterocycles. The topological polar surface area (TPSA) is 53.4 Å². The van der Waals surface area contributed by atoms with Crippen LogP contribution in [0.3, 0.4) is 0 Å². The van der Waals surface area contributed by atoms with E-state index in [1.807, 2.05) is 0 Å². The van der Waals surface area contributed by atoms with Crippen molar-refractivity contribution in [2.45, 2.75) is 0 Å². The van der Waals surface area contributed by atoms with Crippen LogP contribution in [0, 0.1) is 0 Å². The van der Waals surface area contributed by atoms with E-state index in [4.69, 9.17) is 5.11 Å². The van der Waals surface area contributed by atoms with Crippen molar-refractivity contribution in [2.75, 3.05) is 14.1 Å². The van der Waals surface area contributed by atoms with Crippen molar-refractivity contribution in [3.05, 3.63) is 24.0 Å². The molecule has 0 saturated carbocycles. The first-order chi connectivity index (χ1) is 5.61. The normalized spacial score (nSPS) is 9.50. The maximum absolute atomic E-state index is 11.2. The van der Waals surface area contributed by atoms with E-state index in [1.54, 1.807) is 14.1 Å². The Morgan fingerprint density at radius 3 is 2.58 bits per heavy atom. The summed E-state index contributed by atoms with van der Waals surface area (Å²) in [6, 6.07) is 2.92. The zero-order chi connectivity index (χ0) is 9.14. The SMILES string of the molecule is CN(C)C(=O)c1ccc(O)cn1. The molecule has 1 aromatic heterocycles. The molecule has 0 bridgehead atoms. The second kappa shape index (κ2) is 3.21. The summed E-state index contributed by atoms with van der Waals surface area (Å²) in [4.78, 5) is 16.4. The van der Waals surface area contributed by atoms with Crippen molar-refractivity contribution in [1.82, 2.24) is 9.88 Å². The molecule has 0 unspecified atom stereocenters. The maximum Gasteiger partial charge on any atom is 0.271 e. The van der Waals surface area contributed by atoms with Crippen LogP contribution in [0.2, 0.25) is 0 Å². The first-order valence-electron chi connectivity index (χ1n) is 3.48. The van der Waals surface area contributed by atoms with Gasteiger partial charge in [-0.15, -0.1) is 0 Å². The number of carbonyl (C=O) groups excluding carboxylic acids is 1. The van der Waals surface area contributed by atoms with Crippen LogP contribution in [0.4, 0.5) is 0 Å². The van der Waals surface area contributed by atoms with E-state index in [9.17, 15) is 4.79 Å². The van der Waals surface area contributed by atoms with Crippen LogP contribution < -0.4 is 0 Å². The van der Waals surface area contributed by atoms with Gasteiger partial charge in [-0.3, -0.25) is 4.79 Å². The van der Waals surface area contributed by atoms with Gasteiger partial charge < -0.3 is 10.0 Å². The highest BCUT2D eigenvalue weighted by Gasteiger charge is 2.07. The first-order valence-corrected chi connectivity index (χ1v) is 3.48. The largest absolute Gasteiger partial charge is 0.506 e. The molecule has 1 N–H and O–H groups in total. The lowest BCUT2D eigenvalue weighted by atomic mass is 10.3. The zero-order valence-corrected chi connectivity index (χ0v) is 6.98. The molecule has 1 aromatic rings. The molecule has 0 radical (unpaired) electrons. The quantitative estimate of drug-likeness (QED) is 0.660. The van der Waals surface area contributed by atoms with Crippen LogP contribution in [0.1, 0.15) is 10.5 Å². The predicted molar refractivity (Wildman–Crippen MR) is 43.9 cm³/mol. The van der Waals surface area contributed by atoms with E-state index in [1.165, 1.54) is 23.2 Å².